The molecule has 0 unspecified atom stereocenters. The van der Waals surface area contributed by atoms with Crippen LogP contribution in [0.5, 0.6) is 5.75 Å². The summed E-state index contributed by atoms with van der Waals surface area (Å²) in [7, 11) is 0. The van der Waals surface area contributed by atoms with Gasteiger partial charge in [0.25, 0.3) is 0 Å². The van der Waals surface area contributed by atoms with E-state index in [1.807, 2.05) is 48.5 Å². The molecule has 0 saturated heterocycles. The van der Waals surface area contributed by atoms with Gasteiger partial charge in [-0.25, -0.2) is 4.98 Å². The zero-order valence-electron chi connectivity index (χ0n) is 12.4. The largest absolute Gasteiger partial charge is 0.507 e. The molecule has 3 aromatic carbocycles. The summed E-state index contributed by atoms with van der Waals surface area (Å²) in [6.07, 6.45) is 0. The van der Waals surface area contributed by atoms with E-state index in [4.69, 9.17) is 23.2 Å². The van der Waals surface area contributed by atoms with Gasteiger partial charge in [0.2, 0.25) is 0 Å². The monoisotopic (exact) mass is 354 g/mol. The average molecular weight is 355 g/mol. The Morgan fingerprint density at radius 1 is 0.833 bits per heavy atom. The number of phenols is 1. The van der Waals surface area contributed by atoms with Crippen molar-refractivity contribution in [1.29, 1.82) is 0 Å². The van der Waals surface area contributed by atoms with E-state index in [1.54, 1.807) is 12.1 Å². The second-order valence-electron chi connectivity index (χ2n) is 5.44. The van der Waals surface area contributed by atoms with Crippen molar-refractivity contribution in [2.24, 2.45) is 0 Å². The smallest absolute Gasteiger partial charge is 0.142 e. The first kappa shape index (κ1) is 15.1. The number of aromatic amines is 1. The van der Waals surface area contributed by atoms with Crippen molar-refractivity contribution in [3.8, 4) is 28.3 Å². The lowest BCUT2D eigenvalue weighted by Gasteiger charge is -2.08. The number of nitrogens with zero attached hydrogens (tertiary/aromatic N) is 1. The van der Waals surface area contributed by atoms with Crippen molar-refractivity contribution in [3.63, 3.8) is 0 Å². The van der Waals surface area contributed by atoms with Crippen molar-refractivity contribution in [2.75, 3.05) is 0 Å². The van der Waals surface area contributed by atoms with Gasteiger partial charge in [-0.05, 0) is 23.8 Å². The van der Waals surface area contributed by atoms with E-state index in [9.17, 15) is 5.11 Å². The van der Waals surface area contributed by atoms with Gasteiger partial charge in [-0.2, -0.15) is 0 Å². The molecule has 4 rings (SSSR count). The molecular weight excluding hydrogens is 343 g/mol. The molecule has 4 aromatic rings. The van der Waals surface area contributed by atoms with Crippen molar-refractivity contribution in [3.05, 3.63) is 70.7 Å². The molecule has 0 aliphatic carbocycles. The summed E-state index contributed by atoms with van der Waals surface area (Å²) in [6.45, 7) is 0. The molecule has 0 saturated carbocycles. The lowest BCUT2D eigenvalue weighted by atomic mass is 10.0. The van der Waals surface area contributed by atoms with E-state index in [0.717, 1.165) is 16.6 Å². The fourth-order valence-electron chi connectivity index (χ4n) is 2.72. The lowest BCUT2D eigenvalue weighted by Crippen LogP contribution is -1.85. The minimum Gasteiger partial charge on any atom is -0.507 e. The zero-order chi connectivity index (χ0) is 16.7. The van der Waals surface area contributed by atoms with E-state index in [2.05, 4.69) is 9.97 Å². The Kier molecular flexibility index (Phi) is 3.68. The number of hydrogen-bond donors (Lipinski definition) is 2. The SMILES string of the molecule is Oc1c(-c2ccccc2)cccc1-c1nc2cc(Cl)c(Cl)cc2[nH]1. The van der Waals surface area contributed by atoms with Crippen LogP contribution < -0.4 is 0 Å². The van der Waals surface area contributed by atoms with Gasteiger partial charge in [0.15, 0.2) is 0 Å². The van der Waals surface area contributed by atoms with Crippen LogP contribution in [0.4, 0.5) is 0 Å². The highest BCUT2D eigenvalue weighted by Gasteiger charge is 2.14. The Morgan fingerprint density at radius 3 is 2.33 bits per heavy atom. The minimum absolute atomic E-state index is 0.181. The Bertz CT molecular complexity index is 1000. The van der Waals surface area contributed by atoms with Crippen molar-refractivity contribution in [2.45, 2.75) is 0 Å². The van der Waals surface area contributed by atoms with Crippen LogP contribution in [0, 0.1) is 0 Å². The van der Waals surface area contributed by atoms with Gasteiger partial charge in [-0.1, -0.05) is 65.7 Å². The normalized spacial score (nSPS) is 11.1. The topological polar surface area (TPSA) is 48.9 Å². The Balaban J connectivity index is 1.88. The number of halogens is 2. The number of para-hydroxylation sites is 1. The molecule has 0 radical (unpaired) electrons. The predicted molar refractivity (Wildman–Crippen MR) is 98.7 cm³/mol. The van der Waals surface area contributed by atoms with Gasteiger partial charge in [-0.3, -0.25) is 0 Å². The molecule has 118 valence electrons. The first-order valence-corrected chi connectivity index (χ1v) is 8.11. The van der Waals surface area contributed by atoms with Crippen LogP contribution in [0.2, 0.25) is 10.0 Å². The molecule has 0 amide bonds. The molecule has 1 heterocycles. The molecule has 1 aromatic heterocycles. The summed E-state index contributed by atoms with van der Waals surface area (Å²) in [5, 5.41) is 11.6. The second kappa shape index (κ2) is 5.86. The second-order valence-corrected chi connectivity index (χ2v) is 6.25. The highest BCUT2D eigenvalue weighted by molar-refractivity contribution is 6.42. The maximum absolute atomic E-state index is 10.7. The van der Waals surface area contributed by atoms with Crippen LogP contribution in [-0.2, 0) is 0 Å². The molecule has 3 nitrogen and oxygen atoms in total. The van der Waals surface area contributed by atoms with E-state index >= 15 is 0 Å². The Morgan fingerprint density at radius 2 is 1.54 bits per heavy atom. The summed E-state index contributed by atoms with van der Waals surface area (Å²) in [4.78, 5) is 7.71. The molecule has 0 spiro atoms. The molecule has 0 fully saturated rings. The lowest BCUT2D eigenvalue weighted by molar-refractivity contribution is 0.479. The number of H-pyrrole nitrogens is 1. The Hall–Kier alpha value is -2.49. The van der Waals surface area contributed by atoms with Crippen LogP contribution in [0.3, 0.4) is 0 Å². The summed E-state index contributed by atoms with van der Waals surface area (Å²) in [5.41, 5.74) is 3.79. The standard InChI is InChI=1S/C19H12Cl2N2O/c20-14-9-16-17(10-15(14)21)23-19(22-16)13-8-4-7-12(18(13)24)11-5-2-1-3-6-11/h1-10,24H,(H,22,23). The van der Waals surface area contributed by atoms with Gasteiger partial charge < -0.3 is 10.1 Å². The number of benzene rings is 3. The van der Waals surface area contributed by atoms with Crippen LogP contribution in [-0.4, -0.2) is 15.1 Å². The van der Waals surface area contributed by atoms with Crippen molar-refractivity contribution in [1.82, 2.24) is 9.97 Å². The molecular formula is C19H12Cl2N2O. The molecule has 0 aliphatic rings. The van der Waals surface area contributed by atoms with Crippen LogP contribution >= 0.6 is 23.2 Å². The molecule has 0 bridgehead atoms. The van der Waals surface area contributed by atoms with E-state index < -0.39 is 0 Å². The average Bonchev–Trinajstić information content (AvgIpc) is 2.98. The number of aromatic hydroxyl groups is 1. The minimum atomic E-state index is 0.181. The number of hydrogen-bond acceptors (Lipinski definition) is 2. The quantitative estimate of drug-likeness (QED) is 0.470. The van der Waals surface area contributed by atoms with Crippen molar-refractivity contribution >= 4 is 34.2 Å². The van der Waals surface area contributed by atoms with Crippen LogP contribution in [0.1, 0.15) is 0 Å². The van der Waals surface area contributed by atoms with Gasteiger partial charge in [0, 0.05) is 5.56 Å². The summed E-state index contributed by atoms with van der Waals surface area (Å²) in [6, 6.07) is 18.8. The van der Waals surface area contributed by atoms with Crippen LogP contribution in [0.25, 0.3) is 33.5 Å². The van der Waals surface area contributed by atoms with Gasteiger partial charge >= 0.3 is 0 Å². The number of imidazole rings is 1. The third kappa shape index (κ3) is 2.52. The summed E-state index contributed by atoms with van der Waals surface area (Å²) in [5.74, 6) is 0.749. The van der Waals surface area contributed by atoms with E-state index in [-0.39, 0.29) is 5.75 Å². The number of phenolic OH excluding ortho intramolecular Hbond substituents is 1. The van der Waals surface area contributed by atoms with Gasteiger partial charge in [-0.15, -0.1) is 0 Å². The van der Waals surface area contributed by atoms with E-state index in [1.165, 1.54) is 0 Å². The Labute approximate surface area is 148 Å². The third-order valence-corrected chi connectivity index (χ3v) is 4.62. The molecule has 0 aliphatic heterocycles. The van der Waals surface area contributed by atoms with Crippen molar-refractivity contribution < 1.29 is 5.11 Å². The first-order chi connectivity index (χ1) is 11.6. The van der Waals surface area contributed by atoms with Crippen LogP contribution in [0.15, 0.2) is 60.7 Å². The molecule has 24 heavy (non-hydrogen) atoms. The molecule has 2 N–H and O–H groups in total. The molecule has 0 atom stereocenters. The fraction of sp³-hybridized carbons (Fsp3) is 0. The number of fused-ring (bicyclic) bond motifs is 1. The predicted octanol–water partition coefficient (Wildman–Crippen LogP) is 5.91. The number of aromatic nitrogens is 2. The highest BCUT2D eigenvalue weighted by Crippen LogP contribution is 2.38. The maximum Gasteiger partial charge on any atom is 0.142 e. The number of nitrogens with one attached hydrogen (secondary N) is 1. The summed E-state index contributed by atoms with van der Waals surface area (Å²) >= 11 is 12.1. The number of rotatable bonds is 2. The van der Waals surface area contributed by atoms with Gasteiger partial charge in [0.1, 0.15) is 11.6 Å². The van der Waals surface area contributed by atoms with E-state index in [0.29, 0.717) is 26.9 Å². The first-order valence-electron chi connectivity index (χ1n) is 7.36. The third-order valence-electron chi connectivity index (χ3n) is 3.90. The molecule has 5 heteroatoms. The fourth-order valence-corrected chi connectivity index (χ4v) is 3.04. The maximum atomic E-state index is 10.7. The summed E-state index contributed by atoms with van der Waals surface area (Å²) < 4.78 is 0. The van der Waals surface area contributed by atoms with Gasteiger partial charge in [0.05, 0.1) is 26.6 Å². The zero-order valence-corrected chi connectivity index (χ0v) is 13.9. The highest BCUT2D eigenvalue weighted by atomic mass is 35.5.